The Morgan fingerprint density at radius 1 is 0.920 bits per heavy atom. The van der Waals surface area contributed by atoms with E-state index in [1.54, 1.807) is 6.20 Å². The Hall–Kier alpha value is -2.36. The number of likely N-dealkylation sites (tertiary alicyclic amines) is 1. The minimum atomic E-state index is 0.0844. The number of pyridine rings is 1. The molecule has 2 aliphatic heterocycles. The van der Waals surface area contributed by atoms with Gasteiger partial charge in [0.2, 0.25) is 0 Å². The third-order valence-electron chi connectivity index (χ3n) is 5.35. The molecule has 1 amide bonds. The van der Waals surface area contributed by atoms with E-state index in [-0.39, 0.29) is 5.91 Å². The highest BCUT2D eigenvalue weighted by molar-refractivity contribution is 5.93. The van der Waals surface area contributed by atoms with E-state index in [9.17, 15) is 4.79 Å². The van der Waals surface area contributed by atoms with Crippen LogP contribution in [0.3, 0.4) is 0 Å². The number of aromatic nitrogens is 1. The molecule has 0 N–H and O–H groups in total. The molecule has 1 fully saturated rings. The minimum absolute atomic E-state index is 0.0844. The number of rotatable bonds is 2. The molecule has 1 saturated heterocycles. The van der Waals surface area contributed by atoms with Crippen molar-refractivity contribution < 1.29 is 4.79 Å². The van der Waals surface area contributed by atoms with E-state index in [0.717, 1.165) is 51.1 Å². The van der Waals surface area contributed by atoms with E-state index >= 15 is 0 Å². The van der Waals surface area contributed by atoms with Crippen LogP contribution in [0.1, 0.15) is 47.3 Å². The molecule has 4 heteroatoms. The molecule has 130 valence electrons. The van der Waals surface area contributed by atoms with Gasteiger partial charge in [0.15, 0.2) is 0 Å². The third-order valence-corrected chi connectivity index (χ3v) is 5.35. The number of hydrogen-bond acceptors (Lipinski definition) is 3. The van der Waals surface area contributed by atoms with Crippen LogP contribution in [0.25, 0.3) is 0 Å². The van der Waals surface area contributed by atoms with Gasteiger partial charge in [-0.25, -0.2) is 0 Å². The van der Waals surface area contributed by atoms with Gasteiger partial charge in [-0.3, -0.25) is 9.78 Å². The van der Waals surface area contributed by atoms with Crippen molar-refractivity contribution in [2.45, 2.75) is 38.6 Å². The maximum absolute atomic E-state index is 12.8. The van der Waals surface area contributed by atoms with E-state index in [2.05, 4.69) is 34.1 Å². The van der Waals surface area contributed by atoms with Crippen molar-refractivity contribution in [1.29, 1.82) is 0 Å². The van der Waals surface area contributed by atoms with Gasteiger partial charge in [-0.2, -0.15) is 0 Å². The highest BCUT2D eigenvalue weighted by Crippen LogP contribution is 2.25. The molecule has 0 unspecified atom stereocenters. The molecule has 2 aromatic rings. The van der Waals surface area contributed by atoms with Crippen molar-refractivity contribution in [3.05, 3.63) is 59.4 Å². The fraction of sp³-hybridized carbons (Fsp3) is 0.429. The molecular formula is C21H25N3O. The molecular weight excluding hydrogens is 310 g/mol. The van der Waals surface area contributed by atoms with Crippen LogP contribution in [-0.4, -0.2) is 35.4 Å². The predicted octanol–water partition coefficient (Wildman–Crippen LogP) is 3.66. The number of carbonyl (C=O) groups is 1. The average molecular weight is 335 g/mol. The van der Waals surface area contributed by atoms with E-state index in [1.165, 1.54) is 24.0 Å². The fourth-order valence-electron chi connectivity index (χ4n) is 3.88. The predicted molar refractivity (Wildman–Crippen MR) is 99.8 cm³/mol. The Labute approximate surface area is 149 Å². The second-order valence-electron chi connectivity index (χ2n) is 7.05. The molecule has 1 aromatic heterocycles. The SMILES string of the molecule is O=C(c1cc(N2CCc3ccccc3C2)ccn1)N1CCCCCC1. The highest BCUT2D eigenvalue weighted by atomic mass is 16.2. The van der Waals surface area contributed by atoms with Crippen LogP contribution in [0.2, 0.25) is 0 Å². The lowest BCUT2D eigenvalue weighted by Gasteiger charge is -2.31. The topological polar surface area (TPSA) is 36.4 Å². The van der Waals surface area contributed by atoms with Crippen LogP contribution in [0.15, 0.2) is 42.6 Å². The summed E-state index contributed by atoms with van der Waals surface area (Å²) < 4.78 is 0. The Balaban J connectivity index is 1.52. The largest absolute Gasteiger partial charge is 0.367 e. The summed E-state index contributed by atoms with van der Waals surface area (Å²) in [4.78, 5) is 21.5. The summed E-state index contributed by atoms with van der Waals surface area (Å²) >= 11 is 0. The van der Waals surface area contributed by atoms with Gasteiger partial charge in [-0.05, 0) is 42.5 Å². The maximum atomic E-state index is 12.8. The molecule has 0 spiro atoms. The smallest absolute Gasteiger partial charge is 0.272 e. The minimum Gasteiger partial charge on any atom is -0.367 e. The van der Waals surface area contributed by atoms with Gasteiger partial charge < -0.3 is 9.80 Å². The van der Waals surface area contributed by atoms with Crippen molar-refractivity contribution in [2.75, 3.05) is 24.5 Å². The molecule has 2 aliphatic rings. The van der Waals surface area contributed by atoms with Gasteiger partial charge in [0.05, 0.1) is 0 Å². The van der Waals surface area contributed by atoms with Crippen molar-refractivity contribution in [1.82, 2.24) is 9.88 Å². The zero-order chi connectivity index (χ0) is 17.1. The number of hydrogen-bond donors (Lipinski definition) is 0. The fourth-order valence-corrected chi connectivity index (χ4v) is 3.88. The molecule has 0 saturated carbocycles. The quantitative estimate of drug-likeness (QED) is 0.840. The van der Waals surface area contributed by atoms with Crippen molar-refractivity contribution >= 4 is 11.6 Å². The van der Waals surface area contributed by atoms with Gasteiger partial charge in [0, 0.05) is 38.1 Å². The first kappa shape index (κ1) is 16.1. The van der Waals surface area contributed by atoms with Crippen LogP contribution in [0.4, 0.5) is 5.69 Å². The molecule has 0 aliphatic carbocycles. The average Bonchev–Trinajstić information content (AvgIpc) is 2.96. The number of benzene rings is 1. The number of anilines is 1. The van der Waals surface area contributed by atoms with Gasteiger partial charge in [-0.15, -0.1) is 0 Å². The first-order chi connectivity index (χ1) is 12.3. The molecule has 0 radical (unpaired) electrons. The summed E-state index contributed by atoms with van der Waals surface area (Å²) in [7, 11) is 0. The van der Waals surface area contributed by atoms with E-state index in [1.807, 2.05) is 17.0 Å². The molecule has 0 bridgehead atoms. The molecule has 0 atom stereocenters. The van der Waals surface area contributed by atoms with Crippen LogP contribution in [0.5, 0.6) is 0 Å². The van der Waals surface area contributed by atoms with Crippen molar-refractivity contribution in [3.63, 3.8) is 0 Å². The Bertz CT molecular complexity index is 750. The van der Waals surface area contributed by atoms with Gasteiger partial charge in [-0.1, -0.05) is 37.1 Å². The number of fused-ring (bicyclic) bond motifs is 1. The Morgan fingerprint density at radius 2 is 1.68 bits per heavy atom. The van der Waals surface area contributed by atoms with E-state index < -0.39 is 0 Å². The van der Waals surface area contributed by atoms with Crippen molar-refractivity contribution in [3.8, 4) is 0 Å². The summed E-state index contributed by atoms with van der Waals surface area (Å²) in [6.45, 7) is 3.61. The van der Waals surface area contributed by atoms with Crippen LogP contribution >= 0.6 is 0 Å². The normalized spacial score (nSPS) is 17.8. The van der Waals surface area contributed by atoms with Crippen LogP contribution in [-0.2, 0) is 13.0 Å². The van der Waals surface area contributed by atoms with Gasteiger partial charge >= 0.3 is 0 Å². The summed E-state index contributed by atoms with van der Waals surface area (Å²) in [5.74, 6) is 0.0844. The summed E-state index contributed by atoms with van der Waals surface area (Å²) in [6.07, 6.45) is 7.49. The summed E-state index contributed by atoms with van der Waals surface area (Å²) in [5.41, 5.74) is 4.50. The standard InChI is InChI=1S/C21H25N3O/c25-21(23-12-5-1-2-6-13-23)20-15-19(9-11-22-20)24-14-10-17-7-3-4-8-18(17)16-24/h3-4,7-9,11,15H,1-2,5-6,10,12-14,16H2. The zero-order valence-electron chi connectivity index (χ0n) is 14.7. The number of amides is 1. The summed E-state index contributed by atoms with van der Waals surface area (Å²) in [5, 5.41) is 0. The van der Waals surface area contributed by atoms with Crippen molar-refractivity contribution in [2.24, 2.45) is 0 Å². The molecule has 3 heterocycles. The maximum Gasteiger partial charge on any atom is 0.272 e. The first-order valence-corrected chi connectivity index (χ1v) is 9.38. The second kappa shape index (κ2) is 7.26. The Kier molecular flexibility index (Phi) is 4.68. The second-order valence-corrected chi connectivity index (χ2v) is 7.05. The van der Waals surface area contributed by atoms with E-state index in [4.69, 9.17) is 0 Å². The molecule has 25 heavy (non-hydrogen) atoms. The van der Waals surface area contributed by atoms with Crippen LogP contribution in [0, 0.1) is 0 Å². The monoisotopic (exact) mass is 335 g/mol. The first-order valence-electron chi connectivity index (χ1n) is 9.38. The van der Waals surface area contributed by atoms with Gasteiger partial charge in [0.1, 0.15) is 5.69 Å². The highest BCUT2D eigenvalue weighted by Gasteiger charge is 2.21. The van der Waals surface area contributed by atoms with Gasteiger partial charge in [0.25, 0.3) is 5.91 Å². The third kappa shape index (κ3) is 3.53. The lowest BCUT2D eigenvalue weighted by atomic mass is 9.99. The molecule has 4 nitrogen and oxygen atoms in total. The van der Waals surface area contributed by atoms with E-state index in [0.29, 0.717) is 5.69 Å². The molecule has 4 rings (SSSR count). The summed E-state index contributed by atoms with van der Waals surface area (Å²) in [6, 6.07) is 12.6. The van der Waals surface area contributed by atoms with Crippen LogP contribution < -0.4 is 4.90 Å². The Morgan fingerprint density at radius 3 is 2.48 bits per heavy atom. The number of carbonyl (C=O) groups excluding carboxylic acids is 1. The molecule has 1 aromatic carbocycles. The number of nitrogens with zero attached hydrogens (tertiary/aromatic N) is 3. The lowest BCUT2D eigenvalue weighted by Crippen LogP contribution is -2.33. The zero-order valence-corrected chi connectivity index (χ0v) is 14.7. The lowest BCUT2D eigenvalue weighted by molar-refractivity contribution is 0.0756.